The zero-order chi connectivity index (χ0) is 10.2. The monoisotopic (exact) mass is 236 g/mol. The zero-order valence-electron chi connectivity index (χ0n) is 9.25. The topological polar surface area (TPSA) is 50.4 Å². The molecule has 1 rings (SSSR count). The third-order valence-electron chi connectivity index (χ3n) is 2.41. The van der Waals surface area contributed by atoms with Gasteiger partial charge >= 0.3 is 0 Å². The Labute approximate surface area is 97.5 Å². The van der Waals surface area contributed by atoms with Gasteiger partial charge in [0.15, 0.2) is 0 Å². The van der Waals surface area contributed by atoms with Gasteiger partial charge in [0.25, 0.3) is 0 Å². The zero-order valence-corrected chi connectivity index (χ0v) is 10.1. The van der Waals surface area contributed by atoms with Crippen LogP contribution >= 0.6 is 12.4 Å². The van der Waals surface area contributed by atoms with Crippen LogP contribution in [0.4, 0.5) is 0 Å². The molecule has 0 aromatic rings. The summed E-state index contributed by atoms with van der Waals surface area (Å²) in [5.74, 6) is 0.149. The van der Waals surface area contributed by atoms with Crippen LogP contribution in [0.3, 0.4) is 0 Å². The molecule has 1 amide bonds. The number of hydrogen-bond acceptors (Lipinski definition) is 3. The average Bonchev–Trinajstić information content (AvgIpc) is 2.20. The minimum Gasteiger partial charge on any atom is -0.385 e. The minimum atomic E-state index is 0. The van der Waals surface area contributed by atoms with E-state index in [1.807, 2.05) is 0 Å². The predicted molar refractivity (Wildman–Crippen MR) is 62.4 cm³/mol. The maximum atomic E-state index is 11.4. The molecule has 1 aliphatic rings. The molecule has 0 aromatic carbocycles. The highest BCUT2D eigenvalue weighted by Crippen LogP contribution is 2.01. The largest absolute Gasteiger partial charge is 0.385 e. The number of carbonyl (C=O) groups excluding carboxylic acids is 1. The molecule has 90 valence electrons. The molecular formula is C10H21ClN2O2. The van der Waals surface area contributed by atoms with Crippen molar-refractivity contribution in [1.82, 2.24) is 10.6 Å². The quantitative estimate of drug-likeness (QED) is 0.691. The summed E-state index contributed by atoms with van der Waals surface area (Å²) in [4.78, 5) is 11.4. The fraction of sp³-hybridized carbons (Fsp3) is 0.900. The molecule has 1 saturated heterocycles. The van der Waals surface area contributed by atoms with Crippen LogP contribution in [-0.4, -0.2) is 38.8 Å². The summed E-state index contributed by atoms with van der Waals surface area (Å²) in [6.45, 7) is 2.66. The van der Waals surface area contributed by atoms with Crippen molar-refractivity contribution in [1.29, 1.82) is 0 Å². The van der Waals surface area contributed by atoms with Crippen molar-refractivity contribution < 1.29 is 9.53 Å². The third-order valence-corrected chi connectivity index (χ3v) is 2.41. The van der Waals surface area contributed by atoms with E-state index in [9.17, 15) is 4.79 Å². The summed E-state index contributed by atoms with van der Waals surface area (Å²) in [6.07, 6.45) is 3.64. The van der Waals surface area contributed by atoms with Gasteiger partial charge in [-0.05, 0) is 25.8 Å². The Morgan fingerprint density at radius 3 is 3.00 bits per heavy atom. The number of amides is 1. The lowest BCUT2D eigenvalue weighted by Gasteiger charge is -2.23. The molecule has 0 bridgehead atoms. The maximum Gasteiger partial charge on any atom is 0.220 e. The van der Waals surface area contributed by atoms with Crippen molar-refractivity contribution in [3.63, 3.8) is 0 Å². The molecule has 1 aliphatic heterocycles. The van der Waals surface area contributed by atoms with Gasteiger partial charge in [-0.25, -0.2) is 0 Å². The van der Waals surface area contributed by atoms with Crippen molar-refractivity contribution >= 4 is 18.3 Å². The first-order valence-corrected chi connectivity index (χ1v) is 5.32. The van der Waals surface area contributed by atoms with E-state index in [0.717, 1.165) is 32.4 Å². The minimum absolute atomic E-state index is 0. The van der Waals surface area contributed by atoms with Crippen LogP contribution in [0.15, 0.2) is 0 Å². The van der Waals surface area contributed by atoms with Gasteiger partial charge in [-0.15, -0.1) is 12.4 Å². The van der Waals surface area contributed by atoms with Crippen molar-refractivity contribution in [3.05, 3.63) is 0 Å². The van der Waals surface area contributed by atoms with Crippen molar-refractivity contribution in [2.75, 3.05) is 26.8 Å². The first-order chi connectivity index (χ1) is 6.83. The Kier molecular flexibility index (Phi) is 8.76. The van der Waals surface area contributed by atoms with E-state index in [2.05, 4.69) is 10.6 Å². The predicted octanol–water partition coefficient (Wildman–Crippen LogP) is 0.703. The van der Waals surface area contributed by atoms with Crippen LogP contribution in [0.2, 0.25) is 0 Å². The van der Waals surface area contributed by atoms with E-state index in [-0.39, 0.29) is 18.3 Å². The van der Waals surface area contributed by atoms with E-state index < -0.39 is 0 Å². The highest BCUT2D eigenvalue weighted by atomic mass is 35.5. The molecule has 0 aliphatic carbocycles. The summed E-state index contributed by atoms with van der Waals surface area (Å²) in [6, 6.07) is 0.332. The molecule has 1 fully saturated rings. The number of piperidine rings is 1. The van der Waals surface area contributed by atoms with Crippen LogP contribution < -0.4 is 10.6 Å². The summed E-state index contributed by atoms with van der Waals surface area (Å²) >= 11 is 0. The van der Waals surface area contributed by atoms with Crippen molar-refractivity contribution in [2.45, 2.75) is 31.7 Å². The molecule has 0 saturated carbocycles. The second-order valence-corrected chi connectivity index (χ2v) is 3.71. The lowest BCUT2D eigenvalue weighted by atomic mass is 10.1. The van der Waals surface area contributed by atoms with Crippen LogP contribution in [0, 0.1) is 0 Å². The fourth-order valence-corrected chi connectivity index (χ4v) is 1.65. The van der Waals surface area contributed by atoms with Gasteiger partial charge in [-0.1, -0.05) is 0 Å². The smallest absolute Gasteiger partial charge is 0.220 e. The van der Waals surface area contributed by atoms with Gasteiger partial charge in [0.1, 0.15) is 0 Å². The molecule has 0 spiro atoms. The second kappa shape index (κ2) is 8.95. The van der Waals surface area contributed by atoms with Crippen molar-refractivity contribution in [3.8, 4) is 0 Å². The molecule has 0 aromatic heterocycles. The molecule has 15 heavy (non-hydrogen) atoms. The van der Waals surface area contributed by atoms with Gasteiger partial charge in [-0.2, -0.15) is 0 Å². The Morgan fingerprint density at radius 2 is 2.40 bits per heavy atom. The first-order valence-electron chi connectivity index (χ1n) is 5.32. The Hall–Kier alpha value is -0.320. The number of nitrogens with one attached hydrogen (secondary N) is 2. The molecule has 1 atom stereocenters. The lowest BCUT2D eigenvalue weighted by molar-refractivity contribution is -0.122. The summed E-state index contributed by atoms with van der Waals surface area (Å²) in [5.41, 5.74) is 0. The fourth-order valence-electron chi connectivity index (χ4n) is 1.65. The first kappa shape index (κ1) is 14.7. The molecule has 2 N–H and O–H groups in total. The number of halogens is 1. The Bertz CT molecular complexity index is 173. The second-order valence-electron chi connectivity index (χ2n) is 3.71. The number of methoxy groups -OCH3 is 1. The Balaban J connectivity index is 0.00000196. The van der Waals surface area contributed by atoms with Gasteiger partial charge in [0.2, 0.25) is 5.91 Å². The molecule has 4 nitrogen and oxygen atoms in total. The highest BCUT2D eigenvalue weighted by molar-refractivity contribution is 5.85. The lowest BCUT2D eigenvalue weighted by Crippen LogP contribution is -2.45. The van der Waals surface area contributed by atoms with E-state index in [1.54, 1.807) is 7.11 Å². The highest BCUT2D eigenvalue weighted by Gasteiger charge is 2.14. The van der Waals surface area contributed by atoms with E-state index >= 15 is 0 Å². The molecule has 1 heterocycles. The summed E-state index contributed by atoms with van der Waals surface area (Å²) < 4.78 is 4.89. The van der Waals surface area contributed by atoms with Crippen molar-refractivity contribution in [2.24, 2.45) is 0 Å². The number of hydrogen-bond donors (Lipinski definition) is 2. The van der Waals surface area contributed by atoms with Crippen LogP contribution in [0.25, 0.3) is 0 Å². The molecule has 1 unspecified atom stereocenters. The van der Waals surface area contributed by atoms with Crippen LogP contribution in [-0.2, 0) is 9.53 Å². The molecule has 0 radical (unpaired) electrons. The number of rotatable bonds is 5. The van der Waals surface area contributed by atoms with E-state index in [0.29, 0.717) is 19.1 Å². The normalized spacial score (nSPS) is 20.5. The SMILES string of the molecule is COCCCC(=O)NC1CCCNC1.Cl. The van der Waals surface area contributed by atoms with Crippen LogP contribution in [0.1, 0.15) is 25.7 Å². The third kappa shape index (κ3) is 6.71. The summed E-state index contributed by atoms with van der Waals surface area (Å²) in [5, 5.41) is 6.29. The molecule has 5 heteroatoms. The average molecular weight is 237 g/mol. The van der Waals surface area contributed by atoms with Crippen LogP contribution in [0.5, 0.6) is 0 Å². The Morgan fingerprint density at radius 1 is 1.60 bits per heavy atom. The van der Waals surface area contributed by atoms with E-state index in [1.165, 1.54) is 0 Å². The van der Waals surface area contributed by atoms with Gasteiger partial charge in [0, 0.05) is 32.7 Å². The summed E-state index contributed by atoms with van der Waals surface area (Å²) in [7, 11) is 1.66. The van der Waals surface area contributed by atoms with Gasteiger partial charge < -0.3 is 15.4 Å². The maximum absolute atomic E-state index is 11.4. The van der Waals surface area contributed by atoms with Gasteiger partial charge in [0.05, 0.1) is 0 Å². The number of carbonyl (C=O) groups is 1. The van der Waals surface area contributed by atoms with E-state index in [4.69, 9.17) is 4.74 Å². The van der Waals surface area contributed by atoms with Gasteiger partial charge in [-0.3, -0.25) is 4.79 Å². The molecular weight excluding hydrogens is 216 g/mol. The standard InChI is InChI=1S/C10H20N2O2.ClH/c1-14-7-3-5-10(13)12-9-4-2-6-11-8-9;/h9,11H,2-8H2,1H3,(H,12,13);1H. The number of ether oxygens (including phenoxy) is 1.